The molecule has 2 aromatic carbocycles. The van der Waals surface area contributed by atoms with Gasteiger partial charge in [-0.15, -0.1) is 0 Å². The number of carbonyl (C=O) groups is 4. The van der Waals surface area contributed by atoms with E-state index in [1.165, 1.54) is 37.3 Å². The van der Waals surface area contributed by atoms with Crippen LogP contribution in [0.1, 0.15) is 32.7 Å². The molecule has 0 aromatic heterocycles. The van der Waals surface area contributed by atoms with E-state index in [4.69, 9.17) is 4.74 Å². The highest BCUT2D eigenvalue weighted by molar-refractivity contribution is 5.96. The van der Waals surface area contributed by atoms with E-state index in [1.807, 2.05) is 30.3 Å². The number of rotatable bonds is 8. The molecule has 0 bridgehead atoms. The molecular formula is C22H24N2O7. The van der Waals surface area contributed by atoms with Crippen LogP contribution >= 0.6 is 0 Å². The molecule has 0 unspecified atom stereocenters. The first kappa shape index (κ1) is 23.4. The van der Waals surface area contributed by atoms with E-state index in [0.29, 0.717) is 6.54 Å². The second kappa shape index (κ2) is 11.3. The van der Waals surface area contributed by atoms with Crippen molar-refractivity contribution >= 4 is 23.9 Å². The van der Waals surface area contributed by atoms with E-state index in [2.05, 4.69) is 14.8 Å². The molecule has 0 heterocycles. The molecule has 0 saturated carbocycles. The summed E-state index contributed by atoms with van der Waals surface area (Å²) in [5.74, 6) is -2.06. The molecule has 2 aromatic rings. The van der Waals surface area contributed by atoms with E-state index in [1.54, 1.807) is 7.05 Å². The maximum atomic E-state index is 12.2. The van der Waals surface area contributed by atoms with Crippen molar-refractivity contribution in [1.82, 2.24) is 10.2 Å². The van der Waals surface area contributed by atoms with Crippen LogP contribution in [0, 0.1) is 0 Å². The molecule has 1 N–H and O–H groups in total. The van der Waals surface area contributed by atoms with Gasteiger partial charge in [-0.2, -0.15) is 0 Å². The second-order valence-electron chi connectivity index (χ2n) is 6.53. The molecule has 0 radical (unpaired) electrons. The Labute approximate surface area is 179 Å². The van der Waals surface area contributed by atoms with E-state index < -0.39 is 17.9 Å². The van der Waals surface area contributed by atoms with Crippen LogP contribution in [0.15, 0.2) is 48.5 Å². The molecule has 0 fully saturated rings. The first-order valence-electron chi connectivity index (χ1n) is 9.39. The third-order valence-corrected chi connectivity index (χ3v) is 4.20. The molecule has 2 amide bonds. The first-order valence-corrected chi connectivity index (χ1v) is 9.39. The van der Waals surface area contributed by atoms with Gasteiger partial charge in [0.25, 0.3) is 0 Å². The van der Waals surface area contributed by atoms with Gasteiger partial charge in [0.1, 0.15) is 5.75 Å². The zero-order valence-electron chi connectivity index (χ0n) is 17.5. The van der Waals surface area contributed by atoms with Gasteiger partial charge < -0.3 is 24.4 Å². The number of nitrogens with one attached hydrogen (secondary N) is 1. The van der Waals surface area contributed by atoms with Crippen molar-refractivity contribution in [2.24, 2.45) is 0 Å². The number of benzene rings is 2. The van der Waals surface area contributed by atoms with Crippen LogP contribution < -0.4 is 10.1 Å². The number of hydrogen-bond acceptors (Lipinski definition) is 7. The Morgan fingerprint density at radius 1 is 0.903 bits per heavy atom. The summed E-state index contributed by atoms with van der Waals surface area (Å²) in [7, 11) is 4.03. The number of nitrogens with zero attached hydrogens (tertiary/aromatic N) is 1. The molecule has 9 nitrogen and oxygen atoms in total. The van der Waals surface area contributed by atoms with Gasteiger partial charge in [-0.05, 0) is 23.8 Å². The highest BCUT2D eigenvalue weighted by Gasteiger charge is 2.16. The fraction of sp³-hybridized carbons (Fsp3) is 0.273. The normalized spacial score (nSPS) is 10.0. The summed E-state index contributed by atoms with van der Waals surface area (Å²) in [5, 5.41) is 2.63. The van der Waals surface area contributed by atoms with Crippen molar-refractivity contribution in [1.29, 1.82) is 0 Å². The third kappa shape index (κ3) is 7.14. The topological polar surface area (TPSA) is 111 Å². The first-order chi connectivity index (χ1) is 14.8. The minimum atomic E-state index is -0.697. The van der Waals surface area contributed by atoms with Crippen LogP contribution in [-0.4, -0.2) is 56.7 Å². The zero-order valence-corrected chi connectivity index (χ0v) is 17.5. The Bertz CT molecular complexity index is 910. The Morgan fingerprint density at radius 2 is 1.48 bits per heavy atom. The van der Waals surface area contributed by atoms with Gasteiger partial charge in [0.2, 0.25) is 0 Å². The lowest BCUT2D eigenvalue weighted by Crippen LogP contribution is -2.38. The molecule has 0 aliphatic carbocycles. The average molecular weight is 428 g/mol. The number of methoxy groups -OCH3 is 2. The van der Waals surface area contributed by atoms with Gasteiger partial charge in [0.05, 0.1) is 31.8 Å². The van der Waals surface area contributed by atoms with Gasteiger partial charge in [-0.3, -0.25) is 4.79 Å². The molecule has 0 aliphatic heterocycles. The minimum Gasteiger partial charge on any atom is -0.465 e. The molecule has 31 heavy (non-hydrogen) atoms. The number of ether oxygens (including phenoxy) is 3. The fourth-order valence-electron chi connectivity index (χ4n) is 2.65. The third-order valence-electron chi connectivity index (χ3n) is 4.20. The number of carbonyl (C=O) groups excluding carboxylic acids is 4. The highest BCUT2D eigenvalue weighted by atomic mass is 16.5. The molecule has 0 atom stereocenters. The number of esters is 3. The highest BCUT2D eigenvalue weighted by Crippen LogP contribution is 2.19. The Kier molecular flexibility index (Phi) is 8.56. The van der Waals surface area contributed by atoms with Crippen molar-refractivity contribution < 1.29 is 33.4 Å². The molecule has 164 valence electrons. The lowest BCUT2D eigenvalue weighted by atomic mass is 10.1. The van der Waals surface area contributed by atoms with E-state index in [-0.39, 0.29) is 35.9 Å². The predicted molar refractivity (Wildman–Crippen MR) is 111 cm³/mol. The van der Waals surface area contributed by atoms with Crippen LogP contribution in [0.3, 0.4) is 0 Å². The standard InChI is InChI=1S/C22H24N2O7/c1-24(14-15-7-5-4-6-8-15)22(28)23-10-9-19(25)31-18-12-16(20(26)29-2)11-17(13-18)21(27)30-3/h4-8,11-13H,9-10,14H2,1-3H3,(H,23,28). The van der Waals surface area contributed by atoms with Crippen molar-refractivity contribution in [3.05, 3.63) is 65.2 Å². The average Bonchev–Trinajstić information content (AvgIpc) is 2.78. The van der Waals surface area contributed by atoms with Crippen LogP contribution in [0.25, 0.3) is 0 Å². The van der Waals surface area contributed by atoms with Crippen LogP contribution in [-0.2, 0) is 20.8 Å². The maximum absolute atomic E-state index is 12.2. The molecular weight excluding hydrogens is 404 g/mol. The lowest BCUT2D eigenvalue weighted by molar-refractivity contribution is -0.134. The number of amides is 2. The van der Waals surface area contributed by atoms with E-state index in [9.17, 15) is 19.2 Å². The van der Waals surface area contributed by atoms with Crippen molar-refractivity contribution in [3.63, 3.8) is 0 Å². The summed E-state index contributed by atoms with van der Waals surface area (Å²) in [4.78, 5) is 49.4. The molecule has 2 rings (SSSR count). The maximum Gasteiger partial charge on any atom is 0.338 e. The van der Waals surface area contributed by atoms with Gasteiger partial charge in [-0.1, -0.05) is 30.3 Å². The Morgan fingerprint density at radius 3 is 2.03 bits per heavy atom. The van der Waals surface area contributed by atoms with Gasteiger partial charge >= 0.3 is 23.9 Å². The predicted octanol–water partition coefficient (Wildman–Crippen LogP) is 2.40. The SMILES string of the molecule is COC(=O)c1cc(OC(=O)CCNC(=O)N(C)Cc2ccccc2)cc(C(=O)OC)c1. The summed E-state index contributed by atoms with van der Waals surface area (Å²) >= 11 is 0. The smallest absolute Gasteiger partial charge is 0.338 e. The van der Waals surface area contributed by atoms with Crippen molar-refractivity contribution in [3.8, 4) is 5.75 Å². The van der Waals surface area contributed by atoms with Crippen LogP contribution in [0.5, 0.6) is 5.75 Å². The van der Waals surface area contributed by atoms with Gasteiger partial charge in [-0.25, -0.2) is 14.4 Å². The molecule has 0 aliphatic rings. The Hall–Kier alpha value is -3.88. The summed E-state index contributed by atoms with van der Waals surface area (Å²) < 4.78 is 14.5. The summed E-state index contributed by atoms with van der Waals surface area (Å²) in [6.07, 6.45) is -0.110. The summed E-state index contributed by atoms with van der Waals surface area (Å²) in [6.45, 7) is 0.477. The van der Waals surface area contributed by atoms with Gasteiger partial charge in [0, 0.05) is 20.1 Å². The van der Waals surface area contributed by atoms with Crippen molar-refractivity contribution in [2.45, 2.75) is 13.0 Å². The molecule has 9 heteroatoms. The minimum absolute atomic E-state index is 0.0131. The largest absolute Gasteiger partial charge is 0.465 e. The van der Waals surface area contributed by atoms with Crippen molar-refractivity contribution in [2.75, 3.05) is 27.8 Å². The molecule has 0 saturated heterocycles. The quantitative estimate of drug-likeness (QED) is 0.508. The second-order valence-corrected chi connectivity index (χ2v) is 6.53. The van der Waals surface area contributed by atoms with E-state index >= 15 is 0 Å². The Balaban J connectivity index is 1.91. The number of urea groups is 1. The fourth-order valence-corrected chi connectivity index (χ4v) is 2.65. The van der Waals surface area contributed by atoms with Crippen LogP contribution in [0.4, 0.5) is 4.79 Å². The number of hydrogen-bond donors (Lipinski definition) is 1. The lowest BCUT2D eigenvalue weighted by Gasteiger charge is -2.18. The zero-order chi connectivity index (χ0) is 22.8. The van der Waals surface area contributed by atoms with Gasteiger partial charge in [0.15, 0.2) is 0 Å². The molecule has 0 spiro atoms. The van der Waals surface area contributed by atoms with Crippen LogP contribution in [0.2, 0.25) is 0 Å². The summed E-state index contributed by atoms with van der Waals surface area (Å²) in [6, 6.07) is 13.0. The van der Waals surface area contributed by atoms with E-state index in [0.717, 1.165) is 5.56 Å². The monoisotopic (exact) mass is 428 g/mol. The summed E-state index contributed by atoms with van der Waals surface area (Å²) in [5.41, 5.74) is 1.04.